The largest absolute Gasteiger partial charge is 0.325 e. The van der Waals surface area contributed by atoms with Crippen LogP contribution in [0, 0.1) is 0 Å². The highest BCUT2D eigenvalue weighted by atomic mass is 35.5. The van der Waals surface area contributed by atoms with E-state index in [9.17, 15) is 4.79 Å². The number of hydrogen-bond acceptors (Lipinski definition) is 2. The molecule has 0 aromatic heterocycles. The Kier molecular flexibility index (Phi) is 4.87. The molecule has 18 heavy (non-hydrogen) atoms. The average Bonchev–Trinajstić information content (AvgIpc) is 2.84. The Morgan fingerprint density at radius 2 is 2.00 bits per heavy atom. The summed E-state index contributed by atoms with van der Waals surface area (Å²) in [6, 6.07) is 5.04. The molecule has 1 amide bonds. The molecule has 98 valence electrons. The van der Waals surface area contributed by atoms with Gasteiger partial charge < -0.3 is 10.2 Å². The van der Waals surface area contributed by atoms with Gasteiger partial charge in [-0.15, -0.1) is 0 Å². The zero-order valence-electron chi connectivity index (χ0n) is 10.1. The van der Waals surface area contributed by atoms with E-state index in [2.05, 4.69) is 10.2 Å². The fraction of sp³-hybridized carbons (Fsp3) is 0.462. The Morgan fingerprint density at radius 3 is 2.72 bits per heavy atom. The summed E-state index contributed by atoms with van der Waals surface area (Å²) in [5.74, 6) is -0.0222. The maximum absolute atomic E-state index is 11.8. The molecule has 5 heteroatoms. The number of halogens is 2. The quantitative estimate of drug-likeness (QED) is 0.920. The van der Waals surface area contributed by atoms with Gasteiger partial charge in [0.2, 0.25) is 5.91 Å². The van der Waals surface area contributed by atoms with Gasteiger partial charge in [-0.05, 0) is 44.1 Å². The average molecular weight is 287 g/mol. The maximum Gasteiger partial charge on any atom is 0.225 e. The molecule has 0 atom stereocenters. The minimum Gasteiger partial charge on any atom is -0.325 e. The van der Waals surface area contributed by atoms with E-state index in [0.29, 0.717) is 22.2 Å². The van der Waals surface area contributed by atoms with Crippen LogP contribution in [-0.2, 0) is 4.79 Å². The van der Waals surface area contributed by atoms with Crippen LogP contribution < -0.4 is 5.32 Å². The topological polar surface area (TPSA) is 32.3 Å². The van der Waals surface area contributed by atoms with Gasteiger partial charge in [0.15, 0.2) is 0 Å². The smallest absolute Gasteiger partial charge is 0.225 e. The van der Waals surface area contributed by atoms with Crippen LogP contribution in [0.1, 0.15) is 19.3 Å². The number of nitrogens with one attached hydrogen (secondary N) is 1. The molecule has 1 fully saturated rings. The number of likely N-dealkylation sites (tertiary alicyclic amines) is 1. The zero-order valence-corrected chi connectivity index (χ0v) is 11.6. The third-order valence-electron chi connectivity index (χ3n) is 3.06. The predicted octanol–water partition coefficient (Wildman–Crippen LogP) is 3.42. The molecule has 0 aliphatic carbocycles. The van der Waals surface area contributed by atoms with Gasteiger partial charge in [-0.3, -0.25) is 4.79 Å². The molecule has 0 bridgehead atoms. The number of hydrogen-bond donors (Lipinski definition) is 1. The summed E-state index contributed by atoms with van der Waals surface area (Å²) in [6.07, 6.45) is 2.96. The molecular weight excluding hydrogens is 271 g/mol. The molecule has 0 radical (unpaired) electrons. The van der Waals surface area contributed by atoms with Gasteiger partial charge in [-0.25, -0.2) is 0 Å². The third kappa shape index (κ3) is 3.87. The molecular formula is C13H16Cl2N2O. The van der Waals surface area contributed by atoms with E-state index in [0.717, 1.165) is 19.6 Å². The number of carbonyl (C=O) groups is 1. The van der Waals surface area contributed by atoms with Crippen molar-refractivity contribution in [3.05, 3.63) is 28.2 Å². The fourth-order valence-corrected chi connectivity index (χ4v) is 2.41. The molecule has 1 aromatic rings. The van der Waals surface area contributed by atoms with Crippen LogP contribution >= 0.6 is 23.2 Å². The van der Waals surface area contributed by atoms with Crippen LogP contribution in [0.4, 0.5) is 5.69 Å². The molecule has 0 spiro atoms. The minimum atomic E-state index is -0.0222. The molecule has 0 saturated carbocycles. The van der Waals surface area contributed by atoms with Crippen molar-refractivity contribution in [2.45, 2.75) is 19.3 Å². The van der Waals surface area contributed by atoms with Crippen molar-refractivity contribution < 1.29 is 4.79 Å². The van der Waals surface area contributed by atoms with Crippen molar-refractivity contribution in [2.24, 2.45) is 0 Å². The standard InChI is InChI=1S/C13H16Cl2N2O/c14-10-3-4-11(15)12(9-10)16-13(18)5-8-17-6-1-2-7-17/h3-4,9H,1-2,5-8H2,(H,16,18). The number of rotatable bonds is 4. The number of carbonyl (C=O) groups excluding carboxylic acids is 1. The maximum atomic E-state index is 11.8. The van der Waals surface area contributed by atoms with Crippen molar-refractivity contribution >= 4 is 34.8 Å². The summed E-state index contributed by atoms with van der Waals surface area (Å²) in [7, 11) is 0. The van der Waals surface area contributed by atoms with Gasteiger partial charge in [-0.1, -0.05) is 23.2 Å². The molecule has 1 aliphatic heterocycles. The lowest BCUT2D eigenvalue weighted by atomic mass is 10.3. The Labute approximate surface area is 117 Å². The normalized spacial score (nSPS) is 15.9. The van der Waals surface area contributed by atoms with Crippen molar-refractivity contribution in [3.63, 3.8) is 0 Å². The highest BCUT2D eigenvalue weighted by Crippen LogP contribution is 2.25. The summed E-state index contributed by atoms with van der Waals surface area (Å²) in [5.41, 5.74) is 0.579. The van der Waals surface area contributed by atoms with Crippen molar-refractivity contribution in [2.75, 3.05) is 25.0 Å². The van der Waals surface area contributed by atoms with Gasteiger partial charge in [-0.2, -0.15) is 0 Å². The first-order valence-corrected chi connectivity index (χ1v) is 6.88. The van der Waals surface area contributed by atoms with E-state index >= 15 is 0 Å². The highest BCUT2D eigenvalue weighted by Gasteiger charge is 2.13. The third-order valence-corrected chi connectivity index (χ3v) is 3.62. The van der Waals surface area contributed by atoms with Crippen LogP contribution in [0.5, 0.6) is 0 Å². The molecule has 1 heterocycles. The molecule has 1 saturated heterocycles. The Bertz CT molecular complexity index is 431. The van der Waals surface area contributed by atoms with Gasteiger partial charge in [0.05, 0.1) is 10.7 Å². The van der Waals surface area contributed by atoms with Crippen molar-refractivity contribution in [1.29, 1.82) is 0 Å². The van der Waals surface area contributed by atoms with Crippen molar-refractivity contribution in [1.82, 2.24) is 4.90 Å². The van der Waals surface area contributed by atoms with Crippen LogP contribution in [0.15, 0.2) is 18.2 Å². The van der Waals surface area contributed by atoms with E-state index < -0.39 is 0 Å². The highest BCUT2D eigenvalue weighted by molar-refractivity contribution is 6.35. The summed E-state index contributed by atoms with van der Waals surface area (Å²) >= 11 is 11.8. The van der Waals surface area contributed by atoms with E-state index in [1.165, 1.54) is 12.8 Å². The summed E-state index contributed by atoms with van der Waals surface area (Å²) in [5, 5.41) is 3.87. The van der Waals surface area contributed by atoms with Gasteiger partial charge >= 0.3 is 0 Å². The van der Waals surface area contributed by atoms with E-state index in [4.69, 9.17) is 23.2 Å². The summed E-state index contributed by atoms with van der Waals surface area (Å²) in [6.45, 7) is 3.01. The Balaban J connectivity index is 1.84. The van der Waals surface area contributed by atoms with Crippen LogP contribution in [-0.4, -0.2) is 30.4 Å². The first-order chi connectivity index (χ1) is 8.65. The molecule has 1 aliphatic rings. The monoisotopic (exact) mass is 286 g/mol. The second kappa shape index (κ2) is 6.41. The van der Waals surface area contributed by atoms with Gasteiger partial charge in [0.1, 0.15) is 0 Å². The molecule has 1 aromatic carbocycles. The van der Waals surface area contributed by atoms with Gasteiger partial charge in [0.25, 0.3) is 0 Å². The first-order valence-electron chi connectivity index (χ1n) is 6.12. The molecule has 0 unspecified atom stereocenters. The number of amides is 1. The number of benzene rings is 1. The second-order valence-corrected chi connectivity index (χ2v) is 5.31. The first kappa shape index (κ1) is 13.7. The fourth-order valence-electron chi connectivity index (χ4n) is 2.07. The number of nitrogens with zero attached hydrogens (tertiary/aromatic N) is 1. The SMILES string of the molecule is O=C(CCN1CCCC1)Nc1cc(Cl)ccc1Cl. The molecule has 2 rings (SSSR count). The lowest BCUT2D eigenvalue weighted by Crippen LogP contribution is -2.25. The lowest BCUT2D eigenvalue weighted by Gasteiger charge is -2.14. The zero-order chi connectivity index (χ0) is 13.0. The predicted molar refractivity (Wildman–Crippen MR) is 75.4 cm³/mol. The minimum absolute atomic E-state index is 0.0222. The van der Waals surface area contributed by atoms with Crippen molar-refractivity contribution in [3.8, 4) is 0 Å². The lowest BCUT2D eigenvalue weighted by molar-refractivity contribution is -0.116. The Hall–Kier alpha value is -0.770. The Morgan fingerprint density at radius 1 is 1.28 bits per heavy atom. The summed E-state index contributed by atoms with van der Waals surface area (Å²) in [4.78, 5) is 14.1. The van der Waals surface area contributed by atoms with E-state index in [-0.39, 0.29) is 5.91 Å². The van der Waals surface area contributed by atoms with Crippen LogP contribution in [0.3, 0.4) is 0 Å². The van der Waals surface area contributed by atoms with Crippen LogP contribution in [0.2, 0.25) is 10.0 Å². The second-order valence-electron chi connectivity index (χ2n) is 4.47. The van der Waals surface area contributed by atoms with Crippen LogP contribution in [0.25, 0.3) is 0 Å². The number of anilines is 1. The van der Waals surface area contributed by atoms with Gasteiger partial charge in [0, 0.05) is 18.0 Å². The molecule has 3 nitrogen and oxygen atoms in total. The van der Waals surface area contributed by atoms with E-state index in [1.54, 1.807) is 18.2 Å². The van der Waals surface area contributed by atoms with E-state index in [1.807, 2.05) is 0 Å². The summed E-state index contributed by atoms with van der Waals surface area (Å²) < 4.78 is 0. The molecule has 1 N–H and O–H groups in total.